The molecule has 1 aliphatic rings. The fraction of sp³-hybridized carbons (Fsp3) is 0.455. The highest BCUT2D eigenvalue weighted by Crippen LogP contribution is 2.33. The summed E-state index contributed by atoms with van der Waals surface area (Å²) in [6.45, 7) is 0.799. The molecule has 108 valence electrons. The zero-order chi connectivity index (χ0) is 14.7. The average molecular weight is 283 g/mol. The zero-order valence-electron chi connectivity index (χ0n) is 10.5. The summed E-state index contributed by atoms with van der Waals surface area (Å²) in [5.41, 5.74) is -0.434. The number of anilines is 1. The molecule has 1 fully saturated rings. The second kappa shape index (κ2) is 5.80. The Kier molecular flexibility index (Phi) is 4.11. The number of hydrogen-bond acceptors (Lipinski definition) is 7. The van der Waals surface area contributed by atoms with Gasteiger partial charge in [0.2, 0.25) is 0 Å². The molecule has 2 rings (SSSR count). The van der Waals surface area contributed by atoms with Crippen molar-refractivity contribution in [3.8, 4) is 0 Å². The Morgan fingerprint density at radius 2 is 2.10 bits per heavy atom. The van der Waals surface area contributed by atoms with E-state index in [1.807, 2.05) is 0 Å². The topological polar surface area (TPSA) is 119 Å². The SMILES string of the molecule is O=[N+]([O-])c1ccc(N2CCOCC2CO)c([N+](=O)[O-])c1. The molecular formula is C11H13N3O6. The van der Waals surface area contributed by atoms with E-state index in [2.05, 4.69) is 0 Å². The molecular weight excluding hydrogens is 270 g/mol. The number of nitro groups is 2. The predicted molar refractivity (Wildman–Crippen MR) is 68.8 cm³/mol. The van der Waals surface area contributed by atoms with Crippen molar-refractivity contribution in [2.45, 2.75) is 6.04 Å². The summed E-state index contributed by atoms with van der Waals surface area (Å²) in [6, 6.07) is 3.08. The zero-order valence-corrected chi connectivity index (χ0v) is 10.5. The van der Waals surface area contributed by atoms with Gasteiger partial charge in [-0.3, -0.25) is 20.2 Å². The minimum absolute atomic E-state index is 0.214. The number of aliphatic hydroxyl groups is 1. The second-order valence-corrected chi connectivity index (χ2v) is 4.29. The lowest BCUT2D eigenvalue weighted by molar-refractivity contribution is -0.393. The molecule has 20 heavy (non-hydrogen) atoms. The monoisotopic (exact) mass is 283 g/mol. The van der Waals surface area contributed by atoms with Crippen LogP contribution in [0.2, 0.25) is 0 Å². The number of benzene rings is 1. The van der Waals surface area contributed by atoms with Crippen molar-refractivity contribution < 1.29 is 19.7 Å². The van der Waals surface area contributed by atoms with E-state index in [0.717, 1.165) is 6.07 Å². The van der Waals surface area contributed by atoms with Gasteiger partial charge in [-0.2, -0.15) is 0 Å². The molecule has 1 heterocycles. The van der Waals surface area contributed by atoms with Crippen LogP contribution in [-0.2, 0) is 4.74 Å². The smallest absolute Gasteiger partial charge is 0.299 e. The van der Waals surface area contributed by atoms with Crippen LogP contribution < -0.4 is 4.90 Å². The van der Waals surface area contributed by atoms with Gasteiger partial charge >= 0.3 is 0 Å². The van der Waals surface area contributed by atoms with Crippen LogP contribution in [0.1, 0.15) is 0 Å². The van der Waals surface area contributed by atoms with E-state index in [9.17, 15) is 25.3 Å². The van der Waals surface area contributed by atoms with Crippen molar-refractivity contribution in [3.05, 3.63) is 38.4 Å². The maximum atomic E-state index is 11.1. The van der Waals surface area contributed by atoms with Crippen molar-refractivity contribution in [1.29, 1.82) is 0 Å². The van der Waals surface area contributed by atoms with Crippen LogP contribution >= 0.6 is 0 Å². The molecule has 0 aromatic heterocycles. The summed E-state index contributed by atoms with van der Waals surface area (Å²) < 4.78 is 5.21. The molecule has 0 spiro atoms. The normalized spacial score (nSPS) is 18.9. The number of nitro benzene ring substituents is 2. The molecule has 0 bridgehead atoms. The number of non-ortho nitro benzene ring substituents is 1. The van der Waals surface area contributed by atoms with Gasteiger partial charge in [0.15, 0.2) is 0 Å². The van der Waals surface area contributed by atoms with Gasteiger partial charge in [0.25, 0.3) is 11.4 Å². The van der Waals surface area contributed by atoms with Crippen molar-refractivity contribution in [2.24, 2.45) is 0 Å². The van der Waals surface area contributed by atoms with Crippen LogP contribution in [-0.4, -0.2) is 47.4 Å². The van der Waals surface area contributed by atoms with E-state index in [4.69, 9.17) is 4.74 Å². The summed E-state index contributed by atoms with van der Waals surface area (Å²) in [7, 11) is 0. The van der Waals surface area contributed by atoms with Crippen molar-refractivity contribution in [3.63, 3.8) is 0 Å². The van der Waals surface area contributed by atoms with E-state index >= 15 is 0 Å². The first-order valence-electron chi connectivity index (χ1n) is 5.92. The molecule has 0 aliphatic carbocycles. The fourth-order valence-corrected chi connectivity index (χ4v) is 2.14. The quantitative estimate of drug-likeness (QED) is 0.638. The maximum Gasteiger partial charge on any atom is 0.299 e. The van der Waals surface area contributed by atoms with Crippen LogP contribution in [0.5, 0.6) is 0 Å². The largest absolute Gasteiger partial charge is 0.394 e. The third-order valence-electron chi connectivity index (χ3n) is 3.11. The van der Waals surface area contributed by atoms with E-state index in [1.165, 1.54) is 12.1 Å². The van der Waals surface area contributed by atoms with E-state index in [0.29, 0.717) is 13.2 Å². The van der Waals surface area contributed by atoms with Crippen LogP contribution in [0.15, 0.2) is 18.2 Å². The molecule has 1 atom stereocenters. The van der Waals surface area contributed by atoms with E-state index < -0.39 is 15.9 Å². The summed E-state index contributed by atoms with van der Waals surface area (Å²) >= 11 is 0. The first kappa shape index (κ1) is 14.2. The van der Waals surface area contributed by atoms with Crippen molar-refractivity contribution in [1.82, 2.24) is 0 Å². The third-order valence-corrected chi connectivity index (χ3v) is 3.11. The minimum atomic E-state index is -0.681. The van der Waals surface area contributed by atoms with Crippen LogP contribution in [0.4, 0.5) is 17.1 Å². The number of rotatable bonds is 4. The summed E-state index contributed by atoms with van der Waals surface area (Å²) in [4.78, 5) is 22.1. The lowest BCUT2D eigenvalue weighted by Crippen LogP contribution is -2.47. The Labute approximate surface area is 113 Å². The lowest BCUT2D eigenvalue weighted by Gasteiger charge is -2.35. The number of aliphatic hydroxyl groups excluding tert-OH is 1. The fourth-order valence-electron chi connectivity index (χ4n) is 2.14. The first-order chi connectivity index (χ1) is 9.54. The van der Waals surface area contributed by atoms with Gasteiger partial charge in [0.1, 0.15) is 5.69 Å². The van der Waals surface area contributed by atoms with Gasteiger partial charge in [-0.25, -0.2) is 0 Å². The Hall–Kier alpha value is -2.26. The molecule has 0 saturated carbocycles. The molecule has 1 N–H and O–H groups in total. The standard InChI is InChI=1S/C11H13N3O6/c15-6-9-7-20-4-3-12(9)10-2-1-8(13(16)17)5-11(10)14(18)19/h1-2,5,9,15H,3-4,6-7H2. The Morgan fingerprint density at radius 1 is 1.35 bits per heavy atom. The molecule has 1 saturated heterocycles. The van der Waals surface area contributed by atoms with E-state index in [1.54, 1.807) is 4.90 Å². The number of ether oxygens (including phenoxy) is 1. The maximum absolute atomic E-state index is 11.1. The molecule has 1 aliphatic heterocycles. The molecule has 9 nitrogen and oxygen atoms in total. The van der Waals surface area contributed by atoms with Gasteiger partial charge in [-0.05, 0) is 6.07 Å². The Balaban J connectivity index is 2.44. The molecule has 1 unspecified atom stereocenters. The Morgan fingerprint density at radius 3 is 2.70 bits per heavy atom. The van der Waals surface area contributed by atoms with Crippen molar-refractivity contribution in [2.75, 3.05) is 31.3 Å². The lowest BCUT2D eigenvalue weighted by atomic mass is 10.1. The average Bonchev–Trinajstić information content (AvgIpc) is 2.46. The van der Waals surface area contributed by atoms with Crippen LogP contribution in [0.3, 0.4) is 0 Å². The summed E-state index contributed by atoms with van der Waals surface area (Å²) in [6.07, 6.45) is 0. The third kappa shape index (κ3) is 2.68. The molecule has 9 heteroatoms. The molecule has 0 amide bonds. The second-order valence-electron chi connectivity index (χ2n) is 4.29. The van der Waals surface area contributed by atoms with Crippen LogP contribution in [0, 0.1) is 20.2 Å². The number of nitrogens with zero attached hydrogens (tertiary/aromatic N) is 3. The highest BCUT2D eigenvalue weighted by atomic mass is 16.6. The van der Waals surface area contributed by atoms with Gasteiger partial charge < -0.3 is 14.7 Å². The first-order valence-corrected chi connectivity index (χ1v) is 5.92. The van der Waals surface area contributed by atoms with Gasteiger partial charge in [-0.1, -0.05) is 0 Å². The molecule has 1 aromatic rings. The number of morpholine rings is 1. The Bertz CT molecular complexity index is 535. The summed E-state index contributed by atoms with van der Waals surface area (Å²) in [5.74, 6) is 0. The highest BCUT2D eigenvalue weighted by Gasteiger charge is 2.29. The van der Waals surface area contributed by atoms with Gasteiger partial charge in [0.05, 0.1) is 41.8 Å². The molecule has 1 aromatic carbocycles. The predicted octanol–water partition coefficient (Wildman–Crippen LogP) is 0.700. The van der Waals surface area contributed by atoms with E-state index in [-0.39, 0.29) is 30.3 Å². The number of hydrogen-bond donors (Lipinski definition) is 1. The van der Waals surface area contributed by atoms with Gasteiger partial charge in [0, 0.05) is 12.6 Å². The van der Waals surface area contributed by atoms with Crippen molar-refractivity contribution >= 4 is 17.1 Å². The minimum Gasteiger partial charge on any atom is -0.394 e. The molecule has 0 radical (unpaired) electrons. The van der Waals surface area contributed by atoms with Gasteiger partial charge in [-0.15, -0.1) is 0 Å². The highest BCUT2D eigenvalue weighted by molar-refractivity contribution is 5.67. The summed E-state index contributed by atoms with van der Waals surface area (Å²) in [5, 5.41) is 31.1. The van der Waals surface area contributed by atoms with Crippen LogP contribution in [0.25, 0.3) is 0 Å².